The van der Waals surface area contributed by atoms with Crippen LogP contribution in [0.3, 0.4) is 0 Å². The first kappa shape index (κ1) is 20.3. The maximum absolute atomic E-state index is 12.2. The molecule has 0 aliphatic heterocycles. The molecule has 0 spiro atoms. The third-order valence-electron chi connectivity index (χ3n) is 3.80. The molecule has 8 nitrogen and oxygen atoms in total. The van der Waals surface area contributed by atoms with E-state index in [4.69, 9.17) is 21.1 Å². The van der Waals surface area contributed by atoms with Gasteiger partial charge in [0.05, 0.1) is 25.5 Å². The fourth-order valence-electron chi connectivity index (χ4n) is 2.53. The van der Waals surface area contributed by atoms with Gasteiger partial charge in [-0.25, -0.2) is 9.59 Å². The van der Waals surface area contributed by atoms with Gasteiger partial charge in [0.25, 0.3) is 5.91 Å². The van der Waals surface area contributed by atoms with Gasteiger partial charge in [0, 0.05) is 10.7 Å². The summed E-state index contributed by atoms with van der Waals surface area (Å²) in [6.07, 6.45) is 0. The van der Waals surface area contributed by atoms with E-state index in [2.05, 4.69) is 15.0 Å². The van der Waals surface area contributed by atoms with Crippen LogP contribution < -0.4 is 10.1 Å². The summed E-state index contributed by atoms with van der Waals surface area (Å²) in [5.74, 6) is -1.49. The van der Waals surface area contributed by atoms with Crippen molar-refractivity contribution in [2.45, 2.75) is 13.8 Å². The van der Waals surface area contributed by atoms with E-state index in [1.165, 1.54) is 20.3 Å². The standard InChI is InChI=1S/C18H19ClN2O6/c1-9-15(17(23)26-4)10(2)20-16(9)18(24)27-8-14(22)21-12-7-11(19)5-6-13(12)25-3/h5-7,20H,8H2,1-4H3,(H,21,22). The lowest BCUT2D eigenvalue weighted by Crippen LogP contribution is -2.21. The summed E-state index contributed by atoms with van der Waals surface area (Å²) in [5, 5.41) is 2.97. The molecule has 27 heavy (non-hydrogen) atoms. The average molecular weight is 395 g/mol. The molecule has 0 saturated carbocycles. The fourth-order valence-corrected chi connectivity index (χ4v) is 2.70. The number of esters is 2. The number of halogens is 1. The van der Waals surface area contributed by atoms with Crippen molar-refractivity contribution in [1.29, 1.82) is 0 Å². The molecule has 0 fully saturated rings. The van der Waals surface area contributed by atoms with Gasteiger partial charge in [-0.15, -0.1) is 0 Å². The molecule has 1 heterocycles. The first-order chi connectivity index (χ1) is 12.8. The quantitative estimate of drug-likeness (QED) is 0.729. The van der Waals surface area contributed by atoms with Crippen molar-refractivity contribution in [2.75, 3.05) is 26.1 Å². The summed E-state index contributed by atoms with van der Waals surface area (Å²) in [6.45, 7) is 2.69. The lowest BCUT2D eigenvalue weighted by atomic mass is 10.1. The number of aromatic nitrogens is 1. The Labute approximate surface area is 160 Å². The largest absolute Gasteiger partial charge is 0.495 e. The number of methoxy groups -OCH3 is 2. The Morgan fingerprint density at radius 1 is 1.15 bits per heavy atom. The van der Waals surface area contributed by atoms with Crippen molar-refractivity contribution < 1.29 is 28.6 Å². The molecule has 1 aromatic heterocycles. The zero-order valence-electron chi connectivity index (χ0n) is 15.3. The van der Waals surface area contributed by atoms with Gasteiger partial charge >= 0.3 is 11.9 Å². The van der Waals surface area contributed by atoms with E-state index in [9.17, 15) is 14.4 Å². The summed E-state index contributed by atoms with van der Waals surface area (Å²) in [5.41, 5.74) is 1.56. The van der Waals surface area contributed by atoms with Crippen LogP contribution in [0.15, 0.2) is 18.2 Å². The van der Waals surface area contributed by atoms with Crippen LogP contribution in [0.2, 0.25) is 5.02 Å². The number of rotatable bonds is 6. The number of amides is 1. The van der Waals surface area contributed by atoms with Crippen molar-refractivity contribution in [1.82, 2.24) is 4.98 Å². The van der Waals surface area contributed by atoms with Gasteiger partial charge in [0.15, 0.2) is 6.61 Å². The van der Waals surface area contributed by atoms with Crippen LogP contribution in [0.25, 0.3) is 0 Å². The Kier molecular flexibility index (Phi) is 6.46. The van der Waals surface area contributed by atoms with E-state index in [1.54, 1.807) is 26.0 Å². The fraction of sp³-hybridized carbons (Fsp3) is 0.278. The number of nitrogens with one attached hydrogen (secondary N) is 2. The SMILES string of the molecule is COC(=O)c1c(C)[nH]c(C(=O)OCC(=O)Nc2cc(Cl)ccc2OC)c1C. The summed E-state index contributed by atoms with van der Waals surface area (Å²) in [4.78, 5) is 38.9. The Morgan fingerprint density at radius 3 is 2.48 bits per heavy atom. The van der Waals surface area contributed by atoms with Gasteiger partial charge < -0.3 is 24.5 Å². The smallest absolute Gasteiger partial charge is 0.355 e. The Morgan fingerprint density at radius 2 is 1.85 bits per heavy atom. The number of benzene rings is 1. The highest BCUT2D eigenvalue weighted by Gasteiger charge is 2.24. The monoisotopic (exact) mass is 394 g/mol. The van der Waals surface area contributed by atoms with Crippen LogP contribution in [-0.2, 0) is 14.3 Å². The van der Waals surface area contributed by atoms with Crippen LogP contribution in [0.5, 0.6) is 5.75 Å². The molecule has 1 amide bonds. The molecule has 2 aromatic rings. The van der Waals surface area contributed by atoms with Gasteiger partial charge in [-0.05, 0) is 37.6 Å². The van der Waals surface area contributed by atoms with Crippen molar-refractivity contribution in [2.24, 2.45) is 0 Å². The number of hydrogen-bond donors (Lipinski definition) is 2. The molecule has 144 valence electrons. The molecule has 0 unspecified atom stereocenters. The minimum Gasteiger partial charge on any atom is -0.495 e. The molecule has 0 radical (unpaired) electrons. The molecule has 2 rings (SSSR count). The molecule has 0 bridgehead atoms. The number of aromatic amines is 1. The highest BCUT2D eigenvalue weighted by molar-refractivity contribution is 6.31. The molecule has 9 heteroatoms. The van der Waals surface area contributed by atoms with E-state index < -0.39 is 24.5 Å². The Balaban J connectivity index is 2.05. The first-order valence-electron chi connectivity index (χ1n) is 7.86. The second-order valence-electron chi connectivity index (χ2n) is 5.59. The van der Waals surface area contributed by atoms with Gasteiger partial charge in [0.1, 0.15) is 11.4 Å². The van der Waals surface area contributed by atoms with Crippen molar-refractivity contribution in [3.63, 3.8) is 0 Å². The van der Waals surface area contributed by atoms with Crippen LogP contribution in [0.4, 0.5) is 5.69 Å². The summed E-state index contributed by atoms with van der Waals surface area (Å²) < 4.78 is 14.8. The predicted octanol–water partition coefficient (Wildman–Crippen LogP) is 2.88. The van der Waals surface area contributed by atoms with E-state index in [1.807, 2.05) is 0 Å². The first-order valence-corrected chi connectivity index (χ1v) is 8.24. The highest BCUT2D eigenvalue weighted by Crippen LogP contribution is 2.27. The van der Waals surface area contributed by atoms with Gasteiger partial charge in [0.2, 0.25) is 0 Å². The topological polar surface area (TPSA) is 107 Å². The number of H-pyrrole nitrogens is 1. The van der Waals surface area contributed by atoms with Gasteiger partial charge in [-0.1, -0.05) is 11.6 Å². The molecule has 0 aliphatic rings. The summed E-state index contributed by atoms with van der Waals surface area (Å²) in [7, 11) is 2.70. The summed E-state index contributed by atoms with van der Waals surface area (Å²) in [6, 6.07) is 4.73. The van der Waals surface area contributed by atoms with Crippen molar-refractivity contribution in [3.8, 4) is 5.75 Å². The van der Waals surface area contributed by atoms with E-state index in [0.717, 1.165) is 0 Å². The number of carbonyl (C=O) groups excluding carboxylic acids is 3. The molecule has 0 saturated heterocycles. The third kappa shape index (κ3) is 4.59. The lowest BCUT2D eigenvalue weighted by molar-refractivity contribution is -0.119. The zero-order chi connectivity index (χ0) is 20.1. The Bertz CT molecular complexity index is 890. The highest BCUT2D eigenvalue weighted by atomic mass is 35.5. The normalized spacial score (nSPS) is 10.3. The third-order valence-corrected chi connectivity index (χ3v) is 4.04. The van der Waals surface area contributed by atoms with E-state index >= 15 is 0 Å². The number of aryl methyl sites for hydroxylation is 1. The van der Waals surface area contributed by atoms with Gasteiger partial charge in [-0.3, -0.25) is 4.79 Å². The second-order valence-corrected chi connectivity index (χ2v) is 6.02. The molecule has 0 aliphatic carbocycles. The minimum absolute atomic E-state index is 0.0843. The molecular weight excluding hydrogens is 376 g/mol. The summed E-state index contributed by atoms with van der Waals surface area (Å²) >= 11 is 5.90. The van der Waals surface area contributed by atoms with Crippen molar-refractivity contribution in [3.05, 3.63) is 45.7 Å². The lowest BCUT2D eigenvalue weighted by Gasteiger charge is -2.10. The number of ether oxygens (including phenoxy) is 3. The van der Waals surface area contributed by atoms with Crippen molar-refractivity contribution >= 4 is 35.1 Å². The predicted molar refractivity (Wildman–Crippen MR) is 98.5 cm³/mol. The van der Waals surface area contributed by atoms with Crippen LogP contribution in [0, 0.1) is 13.8 Å². The maximum atomic E-state index is 12.2. The molecular formula is C18H19ClN2O6. The van der Waals surface area contributed by atoms with Gasteiger partial charge in [-0.2, -0.15) is 0 Å². The zero-order valence-corrected chi connectivity index (χ0v) is 16.0. The van der Waals surface area contributed by atoms with Crippen LogP contribution >= 0.6 is 11.6 Å². The molecule has 1 aromatic carbocycles. The molecule has 2 N–H and O–H groups in total. The van der Waals surface area contributed by atoms with E-state index in [0.29, 0.717) is 27.7 Å². The minimum atomic E-state index is -0.765. The molecule has 0 atom stereocenters. The van der Waals surface area contributed by atoms with Crippen LogP contribution in [-0.4, -0.2) is 43.7 Å². The average Bonchev–Trinajstić information content (AvgIpc) is 2.93. The Hall–Kier alpha value is -3.00. The number of carbonyl (C=O) groups is 3. The second kappa shape index (κ2) is 8.59. The van der Waals surface area contributed by atoms with E-state index in [-0.39, 0.29) is 11.3 Å². The number of anilines is 1. The number of hydrogen-bond acceptors (Lipinski definition) is 6. The maximum Gasteiger partial charge on any atom is 0.355 e. The van der Waals surface area contributed by atoms with Crippen LogP contribution in [0.1, 0.15) is 32.1 Å².